The van der Waals surface area contributed by atoms with Crippen molar-refractivity contribution in [3.05, 3.63) is 54.4 Å². The molecule has 0 radical (unpaired) electrons. The summed E-state index contributed by atoms with van der Waals surface area (Å²) in [6.07, 6.45) is 1.73. The van der Waals surface area contributed by atoms with Gasteiger partial charge in [0.15, 0.2) is 0 Å². The van der Waals surface area contributed by atoms with Crippen molar-refractivity contribution in [1.82, 2.24) is 14.8 Å². The maximum atomic E-state index is 12.8. The molecule has 1 fully saturated rings. The number of hydrogen-bond acceptors (Lipinski definition) is 4. The molecule has 0 N–H and O–H groups in total. The maximum Gasteiger partial charge on any atom is 0.272 e. The van der Waals surface area contributed by atoms with Crippen LogP contribution < -0.4 is 4.90 Å². The summed E-state index contributed by atoms with van der Waals surface area (Å²) < 4.78 is 0. The molecule has 5 nitrogen and oxygen atoms in total. The highest BCUT2D eigenvalue weighted by atomic mass is 16.2. The van der Waals surface area contributed by atoms with Crippen LogP contribution >= 0.6 is 0 Å². The fourth-order valence-corrected chi connectivity index (χ4v) is 3.26. The second-order valence-corrected chi connectivity index (χ2v) is 6.21. The summed E-state index contributed by atoms with van der Waals surface area (Å²) in [7, 11) is 0. The van der Waals surface area contributed by atoms with Gasteiger partial charge in [-0.1, -0.05) is 25.1 Å². The summed E-state index contributed by atoms with van der Waals surface area (Å²) in [6, 6.07) is 14.1. The van der Waals surface area contributed by atoms with Crippen LogP contribution in [0.15, 0.2) is 48.7 Å². The first kappa shape index (κ1) is 17.4. The van der Waals surface area contributed by atoms with Crippen molar-refractivity contribution in [3.8, 4) is 0 Å². The second-order valence-electron chi connectivity index (χ2n) is 6.21. The van der Waals surface area contributed by atoms with E-state index in [1.807, 2.05) is 35.2 Å². The van der Waals surface area contributed by atoms with E-state index in [0.717, 1.165) is 50.6 Å². The van der Waals surface area contributed by atoms with E-state index < -0.39 is 0 Å². The number of nitrogens with zero attached hydrogens (tertiary/aromatic N) is 4. The van der Waals surface area contributed by atoms with Crippen molar-refractivity contribution >= 4 is 17.3 Å². The lowest BCUT2D eigenvalue weighted by Crippen LogP contribution is -2.48. The van der Waals surface area contributed by atoms with E-state index in [2.05, 4.69) is 40.8 Å². The van der Waals surface area contributed by atoms with E-state index >= 15 is 0 Å². The Labute approximate surface area is 149 Å². The highest BCUT2D eigenvalue weighted by Crippen LogP contribution is 2.25. The van der Waals surface area contributed by atoms with Crippen molar-refractivity contribution in [2.45, 2.75) is 13.8 Å². The zero-order valence-electron chi connectivity index (χ0n) is 15.1. The van der Waals surface area contributed by atoms with Gasteiger partial charge in [0.2, 0.25) is 0 Å². The largest absolute Gasteiger partial charge is 0.342 e. The Morgan fingerprint density at radius 2 is 1.76 bits per heavy atom. The molecule has 3 rings (SSSR count). The van der Waals surface area contributed by atoms with Gasteiger partial charge < -0.3 is 14.7 Å². The summed E-state index contributed by atoms with van der Waals surface area (Å²) in [5.74, 6) is 0.0294. The lowest BCUT2D eigenvalue weighted by molar-refractivity contribution is 0.0637. The minimum atomic E-state index is 0.0294. The fourth-order valence-electron chi connectivity index (χ4n) is 3.26. The molecular formula is C20H26N4O. The van der Waals surface area contributed by atoms with Crippen LogP contribution in [0.3, 0.4) is 0 Å². The number of benzene rings is 1. The molecule has 1 aliphatic rings. The number of para-hydroxylation sites is 1. The number of carbonyl (C=O) groups is 1. The first-order chi connectivity index (χ1) is 12.2. The van der Waals surface area contributed by atoms with E-state index in [0.29, 0.717) is 5.69 Å². The van der Waals surface area contributed by atoms with Crippen LogP contribution in [-0.2, 0) is 0 Å². The highest BCUT2D eigenvalue weighted by Gasteiger charge is 2.22. The van der Waals surface area contributed by atoms with Gasteiger partial charge in [-0.3, -0.25) is 9.78 Å². The molecule has 1 aromatic carbocycles. The fraction of sp³-hybridized carbons (Fsp3) is 0.400. The standard InChI is InChI=1S/C20H26N4O/c1-3-22-12-14-23(15-13-22)20(25)19-16-18(10-11-21-19)24(4-2)17-8-6-5-7-9-17/h5-11,16H,3-4,12-15H2,1-2H3. The van der Waals surface area contributed by atoms with Gasteiger partial charge in [0.25, 0.3) is 5.91 Å². The van der Waals surface area contributed by atoms with E-state index in [4.69, 9.17) is 0 Å². The van der Waals surface area contributed by atoms with E-state index in [1.165, 1.54) is 0 Å². The molecule has 0 aliphatic carbocycles. The van der Waals surface area contributed by atoms with Crippen molar-refractivity contribution in [2.75, 3.05) is 44.2 Å². The summed E-state index contributed by atoms with van der Waals surface area (Å²) >= 11 is 0. The van der Waals surface area contributed by atoms with Gasteiger partial charge in [0.1, 0.15) is 5.69 Å². The SMILES string of the molecule is CCN1CCN(C(=O)c2cc(N(CC)c3ccccc3)ccn2)CC1. The van der Waals surface area contributed by atoms with Gasteiger partial charge in [-0.05, 0) is 37.7 Å². The number of hydrogen-bond donors (Lipinski definition) is 0. The average Bonchev–Trinajstić information content (AvgIpc) is 2.69. The van der Waals surface area contributed by atoms with E-state index in [-0.39, 0.29) is 5.91 Å². The lowest BCUT2D eigenvalue weighted by Gasteiger charge is -2.34. The molecule has 25 heavy (non-hydrogen) atoms. The predicted octanol–water partition coefficient (Wildman–Crippen LogP) is 3.02. The van der Waals surface area contributed by atoms with Crippen molar-refractivity contribution < 1.29 is 4.79 Å². The molecule has 1 saturated heterocycles. The van der Waals surface area contributed by atoms with E-state index in [1.54, 1.807) is 6.20 Å². The first-order valence-electron chi connectivity index (χ1n) is 9.03. The molecule has 1 aromatic heterocycles. The minimum Gasteiger partial charge on any atom is -0.342 e. The predicted molar refractivity (Wildman–Crippen MR) is 101 cm³/mol. The van der Waals surface area contributed by atoms with Crippen LogP contribution in [0.5, 0.6) is 0 Å². The van der Waals surface area contributed by atoms with Crippen molar-refractivity contribution in [2.24, 2.45) is 0 Å². The number of amides is 1. The van der Waals surface area contributed by atoms with E-state index in [9.17, 15) is 4.79 Å². The zero-order chi connectivity index (χ0) is 17.6. The Hall–Kier alpha value is -2.40. The number of likely N-dealkylation sites (N-methyl/N-ethyl adjacent to an activating group) is 1. The molecule has 132 valence electrons. The van der Waals surface area contributed by atoms with Crippen LogP contribution in [-0.4, -0.2) is 60.0 Å². The number of aromatic nitrogens is 1. The molecule has 1 amide bonds. The van der Waals surface area contributed by atoms with Gasteiger partial charge in [-0.25, -0.2) is 0 Å². The molecule has 2 aromatic rings. The smallest absolute Gasteiger partial charge is 0.272 e. The Bertz CT molecular complexity index is 696. The van der Waals surface area contributed by atoms with Gasteiger partial charge >= 0.3 is 0 Å². The molecule has 5 heteroatoms. The quantitative estimate of drug-likeness (QED) is 0.840. The number of carbonyl (C=O) groups excluding carboxylic acids is 1. The molecule has 0 saturated carbocycles. The molecule has 0 bridgehead atoms. The lowest BCUT2D eigenvalue weighted by atomic mass is 10.2. The summed E-state index contributed by atoms with van der Waals surface area (Å²) in [6.45, 7) is 9.56. The van der Waals surface area contributed by atoms with Crippen LogP contribution in [0.2, 0.25) is 0 Å². The molecule has 0 unspecified atom stereocenters. The third kappa shape index (κ3) is 3.99. The monoisotopic (exact) mass is 338 g/mol. The van der Waals surface area contributed by atoms with Crippen LogP contribution in [0.25, 0.3) is 0 Å². The average molecular weight is 338 g/mol. The van der Waals surface area contributed by atoms with Crippen LogP contribution in [0.4, 0.5) is 11.4 Å². The molecule has 0 atom stereocenters. The molecule has 2 heterocycles. The molecular weight excluding hydrogens is 312 g/mol. The number of anilines is 2. The Kier molecular flexibility index (Phi) is 5.66. The van der Waals surface area contributed by atoms with Gasteiger partial charge in [-0.2, -0.15) is 0 Å². The highest BCUT2D eigenvalue weighted by molar-refractivity contribution is 5.93. The summed E-state index contributed by atoms with van der Waals surface area (Å²) in [5.41, 5.74) is 2.64. The third-order valence-corrected chi connectivity index (χ3v) is 4.77. The van der Waals surface area contributed by atoms with Crippen molar-refractivity contribution in [3.63, 3.8) is 0 Å². The van der Waals surface area contributed by atoms with Crippen LogP contribution in [0.1, 0.15) is 24.3 Å². The molecule has 1 aliphatic heterocycles. The van der Waals surface area contributed by atoms with Crippen LogP contribution in [0, 0.1) is 0 Å². The number of pyridine rings is 1. The first-order valence-corrected chi connectivity index (χ1v) is 9.03. The summed E-state index contributed by atoms with van der Waals surface area (Å²) in [5, 5.41) is 0. The molecule has 0 spiro atoms. The summed E-state index contributed by atoms with van der Waals surface area (Å²) in [4.78, 5) is 23.6. The van der Waals surface area contributed by atoms with Crippen molar-refractivity contribution in [1.29, 1.82) is 0 Å². The Morgan fingerprint density at radius 3 is 2.40 bits per heavy atom. The normalized spacial score (nSPS) is 15.2. The maximum absolute atomic E-state index is 12.8. The third-order valence-electron chi connectivity index (χ3n) is 4.77. The number of piperazine rings is 1. The Balaban J connectivity index is 1.78. The number of rotatable bonds is 5. The van der Waals surface area contributed by atoms with Gasteiger partial charge in [-0.15, -0.1) is 0 Å². The topological polar surface area (TPSA) is 39.7 Å². The Morgan fingerprint density at radius 1 is 1.04 bits per heavy atom. The second kappa shape index (κ2) is 8.12. The van der Waals surface area contributed by atoms with Gasteiger partial charge in [0.05, 0.1) is 0 Å². The minimum absolute atomic E-state index is 0.0294. The van der Waals surface area contributed by atoms with Gasteiger partial charge in [0, 0.05) is 50.3 Å². The zero-order valence-corrected chi connectivity index (χ0v) is 15.1.